The third-order valence-electron chi connectivity index (χ3n) is 2.51. The number of carbonyl (C=O) groups excluding carboxylic acids is 2. The van der Waals surface area contributed by atoms with Gasteiger partial charge in [-0.1, -0.05) is 39.5 Å². The standard InChI is InChI=1S/C11H22O.C4H8O3/c1-3-5-7-9-11(12)10-8-6-4-2;1-4(6)7-3-2-5/h3-10H2,1-2H3;5H,2-3H2,1H3. The van der Waals surface area contributed by atoms with Crippen molar-refractivity contribution in [1.29, 1.82) is 0 Å². The van der Waals surface area contributed by atoms with Crippen molar-refractivity contribution in [2.24, 2.45) is 0 Å². The molecule has 0 heterocycles. The van der Waals surface area contributed by atoms with E-state index in [0.717, 1.165) is 25.7 Å². The van der Waals surface area contributed by atoms with E-state index >= 15 is 0 Å². The molecule has 0 radical (unpaired) electrons. The topological polar surface area (TPSA) is 63.6 Å². The molecule has 0 rings (SSSR count). The number of hydrogen-bond acceptors (Lipinski definition) is 4. The molecule has 4 nitrogen and oxygen atoms in total. The van der Waals surface area contributed by atoms with Gasteiger partial charge in [0.05, 0.1) is 6.61 Å². The van der Waals surface area contributed by atoms with E-state index in [-0.39, 0.29) is 19.2 Å². The van der Waals surface area contributed by atoms with Crippen LogP contribution in [0, 0.1) is 0 Å². The Morgan fingerprint density at radius 3 is 1.68 bits per heavy atom. The first-order valence-corrected chi connectivity index (χ1v) is 7.34. The Balaban J connectivity index is 0. The highest BCUT2D eigenvalue weighted by Gasteiger charge is 1.99. The Labute approximate surface area is 117 Å². The number of esters is 1. The van der Waals surface area contributed by atoms with Crippen molar-refractivity contribution in [3.63, 3.8) is 0 Å². The summed E-state index contributed by atoms with van der Waals surface area (Å²) in [4.78, 5) is 21.1. The molecule has 4 heteroatoms. The summed E-state index contributed by atoms with van der Waals surface area (Å²) in [5.41, 5.74) is 0. The van der Waals surface area contributed by atoms with Crippen molar-refractivity contribution in [1.82, 2.24) is 0 Å². The third-order valence-corrected chi connectivity index (χ3v) is 2.51. The zero-order valence-electron chi connectivity index (χ0n) is 12.7. The van der Waals surface area contributed by atoms with Gasteiger partial charge in [-0.05, 0) is 12.8 Å². The first kappa shape index (κ1) is 20.4. The number of hydrogen-bond donors (Lipinski definition) is 1. The van der Waals surface area contributed by atoms with Gasteiger partial charge in [0.1, 0.15) is 12.4 Å². The van der Waals surface area contributed by atoms with Gasteiger partial charge in [-0.15, -0.1) is 0 Å². The molecule has 0 aliphatic carbocycles. The Hall–Kier alpha value is -0.900. The molecule has 114 valence electrons. The van der Waals surface area contributed by atoms with Gasteiger partial charge in [-0.25, -0.2) is 0 Å². The van der Waals surface area contributed by atoms with E-state index in [1.807, 2.05) is 0 Å². The van der Waals surface area contributed by atoms with Crippen LogP contribution >= 0.6 is 0 Å². The average molecular weight is 274 g/mol. The summed E-state index contributed by atoms with van der Waals surface area (Å²) in [7, 11) is 0. The largest absolute Gasteiger partial charge is 0.463 e. The van der Waals surface area contributed by atoms with Crippen molar-refractivity contribution in [3.8, 4) is 0 Å². The summed E-state index contributed by atoms with van der Waals surface area (Å²) in [5, 5.41) is 8.04. The molecule has 0 saturated heterocycles. The molecule has 0 aromatic heterocycles. The third kappa shape index (κ3) is 22.7. The zero-order valence-corrected chi connectivity index (χ0v) is 12.7. The van der Waals surface area contributed by atoms with Crippen molar-refractivity contribution >= 4 is 11.8 Å². The lowest BCUT2D eigenvalue weighted by Gasteiger charge is -1.98. The highest BCUT2D eigenvalue weighted by Crippen LogP contribution is 2.05. The van der Waals surface area contributed by atoms with Crippen LogP contribution in [-0.2, 0) is 14.3 Å². The molecule has 0 bridgehead atoms. The molecular weight excluding hydrogens is 244 g/mol. The van der Waals surface area contributed by atoms with Gasteiger partial charge in [0.25, 0.3) is 0 Å². The van der Waals surface area contributed by atoms with Crippen molar-refractivity contribution in [3.05, 3.63) is 0 Å². The molecule has 0 fully saturated rings. The predicted molar refractivity (Wildman–Crippen MR) is 77.0 cm³/mol. The minimum absolute atomic E-state index is 0.0976. The van der Waals surface area contributed by atoms with Gasteiger partial charge in [0, 0.05) is 19.8 Å². The monoisotopic (exact) mass is 274 g/mol. The lowest BCUT2D eigenvalue weighted by atomic mass is 10.1. The van der Waals surface area contributed by atoms with E-state index in [2.05, 4.69) is 18.6 Å². The Kier molecular flexibility index (Phi) is 18.4. The minimum atomic E-state index is -0.353. The summed E-state index contributed by atoms with van der Waals surface area (Å²) in [5.74, 6) is 0.117. The number of ether oxygens (including phenoxy) is 1. The van der Waals surface area contributed by atoms with E-state index < -0.39 is 0 Å². The lowest BCUT2D eigenvalue weighted by Crippen LogP contribution is -2.03. The molecular formula is C15H30O4. The number of unbranched alkanes of at least 4 members (excludes halogenated alkanes) is 4. The fraction of sp³-hybridized carbons (Fsp3) is 0.867. The van der Waals surface area contributed by atoms with Crippen molar-refractivity contribution in [2.45, 2.75) is 72.1 Å². The Bertz CT molecular complexity index is 202. The van der Waals surface area contributed by atoms with Crippen molar-refractivity contribution in [2.75, 3.05) is 13.2 Å². The van der Waals surface area contributed by atoms with Crippen LogP contribution in [0.4, 0.5) is 0 Å². The lowest BCUT2D eigenvalue weighted by molar-refractivity contribution is -0.141. The fourth-order valence-electron chi connectivity index (χ4n) is 1.46. The van der Waals surface area contributed by atoms with Crippen LogP contribution in [-0.4, -0.2) is 30.1 Å². The van der Waals surface area contributed by atoms with E-state index in [4.69, 9.17) is 5.11 Å². The molecule has 0 spiro atoms. The molecule has 0 aliphatic rings. The molecule has 0 unspecified atom stereocenters. The van der Waals surface area contributed by atoms with Gasteiger partial charge in [0.15, 0.2) is 0 Å². The summed E-state index contributed by atoms with van der Waals surface area (Å²) >= 11 is 0. The number of rotatable bonds is 10. The van der Waals surface area contributed by atoms with Crippen LogP contribution in [0.2, 0.25) is 0 Å². The van der Waals surface area contributed by atoms with Gasteiger partial charge >= 0.3 is 5.97 Å². The van der Waals surface area contributed by atoms with Crippen LogP contribution in [0.15, 0.2) is 0 Å². The highest BCUT2D eigenvalue weighted by molar-refractivity contribution is 5.78. The second kappa shape index (κ2) is 17.1. The van der Waals surface area contributed by atoms with Crippen LogP contribution in [0.3, 0.4) is 0 Å². The first-order chi connectivity index (χ1) is 9.08. The molecule has 1 N–H and O–H groups in total. The van der Waals surface area contributed by atoms with Gasteiger partial charge in [-0.3, -0.25) is 9.59 Å². The van der Waals surface area contributed by atoms with Gasteiger partial charge in [-0.2, -0.15) is 0 Å². The smallest absolute Gasteiger partial charge is 0.302 e. The molecule has 0 aliphatic heterocycles. The van der Waals surface area contributed by atoms with Crippen LogP contribution < -0.4 is 0 Å². The Morgan fingerprint density at radius 2 is 1.42 bits per heavy atom. The molecule has 0 saturated carbocycles. The number of ketones is 1. The molecule has 0 aromatic rings. The zero-order chi connectivity index (χ0) is 14.9. The summed E-state index contributed by atoms with van der Waals surface area (Å²) in [6, 6.07) is 0. The number of Topliss-reactive ketones (excluding diaryl/α,β-unsaturated/α-hetero) is 1. The molecule has 0 aromatic carbocycles. The molecule has 19 heavy (non-hydrogen) atoms. The summed E-state index contributed by atoms with van der Waals surface area (Å²) < 4.78 is 4.30. The van der Waals surface area contributed by atoms with Gasteiger partial charge in [0.2, 0.25) is 0 Å². The minimum Gasteiger partial charge on any atom is -0.463 e. The van der Waals surface area contributed by atoms with Crippen LogP contribution in [0.25, 0.3) is 0 Å². The van der Waals surface area contributed by atoms with E-state index in [1.165, 1.54) is 32.6 Å². The van der Waals surface area contributed by atoms with E-state index in [0.29, 0.717) is 5.78 Å². The normalized spacial score (nSPS) is 9.47. The van der Waals surface area contributed by atoms with Crippen LogP contribution in [0.1, 0.15) is 72.1 Å². The maximum Gasteiger partial charge on any atom is 0.302 e. The fourth-order valence-corrected chi connectivity index (χ4v) is 1.46. The second-order valence-electron chi connectivity index (χ2n) is 4.52. The number of aliphatic hydroxyl groups is 1. The maximum atomic E-state index is 11.2. The van der Waals surface area contributed by atoms with Crippen molar-refractivity contribution < 1.29 is 19.4 Å². The Morgan fingerprint density at radius 1 is 0.947 bits per heavy atom. The molecule has 0 atom stereocenters. The van der Waals surface area contributed by atoms with E-state index in [1.54, 1.807) is 0 Å². The SMILES string of the molecule is CC(=O)OCCO.CCCCCC(=O)CCCCC. The molecule has 0 amide bonds. The maximum absolute atomic E-state index is 11.2. The first-order valence-electron chi connectivity index (χ1n) is 7.34. The quantitative estimate of drug-likeness (QED) is 0.490. The number of carbonyl (C=O) groups is 2. The summed E-state index contributed by atoms with van der Waals surface area (Å²) in [6.45, 7) is 5.65. The second-order valence-corrected chi connectivity index (χ2v) is 4.52. The summed E-state index contributed by atoms with van der Waals surface area (Å²) in [6.07, 6.45) is 8.67. The predicted octanol–water partition coefficient (Wildman–Crippen LogP) is 3.26. The van der Waals surface area contributed by atoms with Gasteiger partial charge < -0.3 is 9.84 Å². The average Bonchev–Trinajstić information content (AvgIpc) is 2.38. The highest BCUT2D eigenvalue weighted by atomic mass is 16.5. The van der Waals surface area contributed by atoms with Crippen LogP contribution in [0.5, 0.6) is 0 Å². The number of aliphatic hydroxyl groups excluding tert-OH is 1. The van der Waals surface area contributed by atoms with E-state index in [9.17, 15) is 9.59 Å².